The molecular weight excluding hydrogens is 176 g/mol. The summed E-state index contributed by atoms with van der Waals surface area (Å²) in [4.78, 5) is 1.01. The molecule has 13 heavy (non-hydrogen) atoms. The van der Waals surface area contributed by atoms with Gasteiger partial charge in [0.15, 0.2) is 0 Å². The Morgan fingerprint density at radius 1 is 0.923 bits per heavy atom. The lowest BCUT2D eigenvalue weighted by Gasteiger charge is -2.03. The summed E-state index contributed by atoms with van der Waals surface area (Å²) in [5, 5.41) is 0. The fourth-order valence-electron chi connectivity index (χ4n) is 1.28. The van der Waals surface area contributed by atoms with Gasteiger partial charge in [-0.1, -0.05) is 42.5 Å². The number of hydrogen-bond donors (Lipinski definition) is 1. The van der Waals surface area contributed by atoms with Crippen molar-refractivity contribution in [2.45, 2.75) is 4.90 Å². The monoisotopic (exact) mass is 185 g/mol. The zero-order valence-corrected chi connectivity index (χ0v) is 7.96. The van der Waals surface area contributed by atoms with Gasteiger partial charge in [-0.25, -0.2) is 0 Å². The van der Waals surface area contributed by atoms with E-state index >= 15 is 0 Å². The van der Waals surface area contributed by atoms with E-state index in [0.29, 0.717) is 0 Å². The highest BCUT2D eigenvalue weighted by molar-refractivity contribution is 7.80. The van der Waals surface area contributed by atoms with Crippen LogP contribution >= 0.6 is 12.6 Å². The van der Waals surface area contributed by atoms with Gasteiger partial charge in [0.25, 0.3) is 0 Å². The van der Waals surface area contributed by atoms with Gasteiger partial charge < -0.3 is 0 Å². The Morgan fingerprint density at radius 2 is 1.62 bits per heavy atom. The van der Waals surface area contributed by atoms with E-state index in [2.05, 4.69) is 24.8 Å². The second-order valence-corrected chi connectivity index (χ2v) is 3.29. The van der Waals surface area contributed by atoms with Gasteiger partial charge in [0.2, 0.25) is 0 Å². The molecule has 2 aromatic rings. The van der Waals surface area contributed by atoms with Gasteiger partial charge in [-0.2, -0.15) is 0 Å². The van der Waals surface area contributed by atoms with Crippen molar-refractivity contribution in [1.29, 1.82) is 0 Å². The summed E-state index contributed by atoms with van der Waals surface area (Å²) in [6, 6.07) is 19.0. The first kappa shape index (κ1) is 8.39. The number of benzene rings is 2. The fraction of sp³-hybridized carbons (Fsp3) is 0. The lowest BCUT2D eigenvalue weighted by atomic mass is 10.1. The van der Waals surface area contributed by atoms with Crippen LogP contribution in [0.1, 0.15) is 0 Å². The molecule has 2 aromatic carbocycles. The summed E-state index contributed by atoms with van der Waals surface area (Å²) >= 11 is 4.40. The minimum atomic E-state index is 1.01. The Kier molecular flexibility index (Phi) is 2.37. The van der Waals surface area contributed by atoms with E-state index in [1.165, 1.54) is 11.1 Å². The molecule has 0 saturated heterocycles. The first-order valence-electron chi connectivity index (χ1n) is 4.12. The number of rotatable bonds is 1. The molecule has 0 nitrogen and oxygen atoms in total. The Labute approximate surface area is 83.6 Å². The molecular formula is C12H9S. The van der Waals surface area contributed by atoms with Crippen molar-refractivity contribution in [3.8, 4) is 11.1 Å². The topological polar surface area (TPSA) is 0 Å². The van der Waals surface area contributed by atoms with Crippen LogP contribution in [0.5, 0.6) is 0 Å². The molecule has 0 spiro atoms. The molecule has 0 aliphatic heterocycles. The van der Waals surface area contributed by atoms with Crippen molar-refractivity contribution < 1.29 is 0 Å². The van der Waals surface area contributed by atoms with Gasteiger partial charge in [0, 0.05) is 4.90 Å². The summed E-state index contributed by atoms with van der Waals surface area (Å²) in [5.41, 5.74) is 2.35. The van der Waals surface area contributed by atoms with Crippen molar-refractivity contribution in [2.24, 2.45) is 0 Å². The molecule has 1 radical (unpaired) electrons. The minimum Gasteiger partial charge on any atom is -0.143 e. The first-order valence-corrected chi connectivity index (χ1v) is 4.57. The third kappa shape index (κ3) is 1.76. The highest BCUT2D eigenvalue weighted by atomic mass is 32.1. The molecule has 0 saturated carbocycles. The normalized spacial score (nSPS) is 9.92. The number of thiol groups is 1. The quantitative estimate of drug-likeness (QED) is 0.646. The molecule has 1 heteroatoms. The molecule has 0 unspecified atom stereocenters. The maximum Gasteiger partial charge on any atom is 0.0119 e. The van der Waals surface area contributed by atoms with Crippen LogP contribution in [-0.4, -0.2) is 0 Å². The SMILES string of the molecule is Sc1ccccc1-c1cc[c]cc1. The highest BCUT2D eigenvalue weighted by Gasteiger charge is 1.98. The summed E-state index contributed by atoms with van der Waals surface area (Å²) in [5.74, 6) is 0. The lowest BCUT2D eigenvalue weighted by Crippen LogP contribution is -1.78. The molecule has 0 bridgehead atoms. The van der Waals surface area contributed by atoms with E-state index < -0.39 is 0 Å². The zero-order chi connectivity index (χ0) is 9.10. The van der Waals surface area contributed by atoms with Gasteiger partial charge in [-0.15, -0.1) is 12.6 Å². The summed E-state index contributed by atoms with van der Waals surface area (Å²) in [6.07, 6.45) is 0. The minimum absolute atomic E-state index is 1.01. The summed E-state index contributed by atoms with van der Waals surface area (Å²) in [7, 11) is 0. The molecule has 0 heterocycles. The van der Waals surface area contributed by atoms with Crippen LogP contribution in [-0.2, 0) is 0 Å². The average molecular weight is 185 g/mol. The van der Waals surface area contributed by atoms with Crippen molar-refractivity contribution in [1.82, 2.24) is 0 Å². The van der Waals surface area contributed by atoms with E-state index in [1.807, 2.05) is 42.5 Å². The largest absolute Gasteiger partial charge is 0.143 e. The van der Waals surface area contributed by atoms with Crippen molar-refractivity contribution in [3.05, 3.63) is 54.6 Å². The second-order valence-electron chi connectivity index (χ2n) is 2.81. The standard InChI is InChI=1S/C12H9S/c13-12-9-5-4-8-11(12)10-6-2-1-3-7-10/h2-9,13H. The van der Waals surface area contributed by atoms with E-state index in [0.717, 1.165) is 4.90 Å². The predicted molar refractivity (Wildman–Crippen MR) is 58.0 cm³/mol. The maximum atomic E-state index is 4.40. The first-order chi connectivity index (χ1) is 6.38. The van der Waals surface area contributed by atoms with E-state index in [4.69, 9.17) is 0 Å². The molecule has 0 aliphatic carbocycles. The van der Waals surface area contributed by atoms with Crippen LogP contribution in [0.2, 0.25) is 0 Å². The summed E-state index contributed by atoms with van der Waals surface area (Å²) < 4.78 is 0. The van der Waals surface area contributed by atoms with Gasteiger partial charge >= 0.3 is 0 Å². The fourth-order valence-corrected chi connectivity index (χ4v) is 1.57. The second kappa shape index (κ2) is 3.67. The molecule has 0 atom stereocenters. The number of hydrogen-bond acceptors (Lipinski definition) is 1. The third-order valence-electron chi connectivity index (χ3n) is 1.93. The van der Waals surface area contributed by atoms with Gasteiger partial charge in [-0.05, 0) is 23.3 Å². The summed E-state index contributed by atoms with van der Waals surface area (Å²) in [6.45, 7) is 0. The van der Waals surface area contributed by atoms with Gasteiger partial charge in [0.05, 0.1) is 0 Å². The molecule has 0 aliphatic rings. The maximum absolute atomic E-state index is 4.40. The molecule has 0 aromatic heterocycles. The van der Waals surface area contributed by atoms with Crippen molar-refractivity contribution in [2.75, 3.05) is 0 Å². The van der Waals surface area contributed by atoms with Crippen LogP contribution in [0, 0.1) is 6.07 Å². The Balaban J connectivity index is 2.54. The van der Waals surface area contributed by atoms with Crippen molar-refractivity contribution >= 4 is 12.6 Å². The van der Waals surface area contributed by atoms with Crippen LogP contribution in [0.25, 0.3) is 11.1 Å². The van der Waals surface area contributed by atoms with Gasteiger partial charge in [0.1, 0.15) is 0 Å². The van der Waals surface area contributed by atoms with E-state index in [1.54, 1.807) is 0 Å². The Morgan fingerprint density at radius 3 is 2.31 bits per heavy atom. The average Bonchev–Trinajstić information content (AvgIpc) is 2.20. The van der Waals surface area contributed by atoms with Crippen LogP contribution in [0.15, 0.2) is 53.4 Å². The van der Waals surface area contributed by atoms with Crippen LogP contribution in [0.4, 0.5) is 0 Å². The zero-order valence-electron chi connectivity index (χ0n) is 7.07. The van der Waals surface area contributed by atoms with Gasteiger partial charge in [-0.3, -0.25) is 0 Å². The van der Waals surface area contributed by atoms with E-state index in [9.17, 15) is 0 Å². The third-order valence-corrected chi connectivity index (χ3v) is 2.32. The van der Waals surface area contributed by atoms with E-state index in [-0.39, 0.29) is 0 Å². The van der Waals surface area contributed by atoms with Crippen LogP contribution in [0.3, 0.4) is 0 Å². The molecule has 0 N–H and O–H groups in total. The Bertz CT molecular complexity index is 393. The smallest absolute Gasteiger partial charge is 0.0119 e. The lowest BCUT2D eigenvalue weighted by molar-refractivity contribution is 1.46. The predicted octanol–water partition coefficient (Wildman–Crippen LogP) is 3.44. The Hall–Kier alpha value is -1.21. The highest BCUT2D eigenvalue weighted by Crippen LogP contribution is 2.25. The molecule has 0 fully saturated rings. The molecule has 63 valence electrons. The molecule has 0 amide bonds. The molecule has 2 rings (SSSR count). The van der Waals surface area contributed by atoms with Crippen molar-refractivity contribution in [3.63, 3.8) is 0 Å². The van der Waals surface area contributed by atoms with Crippen LogP contribution < -0.4 is 0 Å².